The topological polar surface area (TPSA) is 73.9 Å². The quantitative estimate of drug-likeness (QED) is 0.165. The lowest BCUT2D eigenvalue weighted by Crippen LogP contribution is -2.36. The van der Waals surface area contributed by atoms with Crippen LogP contribution in [0.3, 0.4) is 0 Å². The summed E-state index contributed by atoms with van der Waals surface area (Å²) >= 11 is 0. The third-order valence-electron chi connectivity index (χ3n) is 4.15. The van der Waals surface area contributed by atoms with Gasteiger partial charge in [-0.1, -0.05) is 26.0 Å². The van der Waals surface area contributed by atoms with Crippen molar-refractivity contribution in [2.75, 3.05) is 6.61 Å². The minimum absolute atomic E-state index is 0.0365. The van der Waals surface area contributed by atoms with E-state index in [9.17, 15) is 31.3 Å². The van der Waals surface area contributed by atoms with Crippen LogP contribution in [0.5, 0.6) is 11.5 Å². The Morgan fingerprint density at radius 2 is 1.41 bits per heavy atom. The van der Waals surface area contributed by atoms with E-state index in [2.05, 4.69) is 9.61 Å². The molecule has 0 radical (unpaired) electrons. The molecular formula is C20H21F5NO5P. The first kappa shape index (κ1) is 25.6. The van der Waals surface area contributed by atoms with Crippen LogP contribution in [0.15, 0.2) is 24.3 Å². The van der Waals surface area contributed by atoms with E-state index in [1.165, 1.54) is 26.0 Å². The fourth-order valence-electron chi connectivity index (χ4n) is 2.47. The highest BCUT2D eigenvalue weighted by molar-refractivity contribution is 7.52. The minimum atomic E-state index is -4.93. The summed E-state index contributed by atoms with van der Waals surface area (Å²) in [7, 11) is -4.93. The standard InChI is InChI=1S/C20H21F5NO5P/c1-5-29-20(27)11(4)26-32(28,30-13-8-6-12(7-9-13)10(2)3)31-19-17(24)15(22)14(21)16(23)18(19)25/h6-11H,5H2,1-4H3,(H,26,28)/t11-,32?/m0/s1. The molecule has 1 unspecified atom stereocenters. The Bertz CT molecular complexity index is 1000. The van der Waals surface area contributed by atoms with Crippen LogP contribution in [0.25, 0.3) is 0 Å². The third-order valence-corrected chi connectivity index (χ3v) is 5.72. The highest BCUT2D eigenvalue weighted by Gasteiger charge is 2.38. The predicted octanol–water partition coefficient (Wildman–Crippen LogP) is 5.61. The van der Waals surface area contributed by atoms with Gasteiger partial charge in [-0.05, 0) is 37.5 Å². The van der Waals surface area contributed by atoms with Crippen LogP contribution in [0.4, 0.5) is 22.0 Å². The molecule has 0 aliphatic carbocycles. The Morgan fingerprint density at radius 3 is 1.88 bits per heavy atom. The molecule has 2 aromatic rings. The van der Waals surface area contributed by atoms with Crippen molar-refractivity contribution in [1.29, 1.82) is 0 Å². The number of halogens is 5. The van der Waals surface area contributed by atoms with E-state index in [1.54, 1.807) is 12.1 Å². The lowest BCUT2D eigenvalue weighted by Gasteiger charge is -2.23. The molecule has 176 valence electrons. The molecule has 2 rings (SSSR count). The largest absolute Gasteiger partial charge is 0.513 e. The Kier molecular flexibility index (Phi) is 8.25. The lowest BCUT2D eigenvalue weighted by molar-refractivity contribution is -0.144. The second-order valence-corrected chi connectivity index (χ2v) is 8.52. The van der Waals surface area contributed by atoms with Gasteiger partial charge in [-0.2, -0.15) is 13.9 Å². The van der Waals surface area contributed by atoms with Gasteiger partial charge in [0.05, 0.1) is 6.61 Å². The van der Waals surface area contributed by atoms with Crippen molar-refractivity contribution in [1.82, 2.24) is 5.09 Å². The fraction of sp³-hybridized carbons (Fsp3) is 0.350. The zero-order chi connectivity index (χ0) is 24.2. The van der Waals surface area contributed by atoms with E-state index in [0.29, 0.717) is 0 Å². The number of hydrogen-bond acceptors (Lipinski definition) is 5. The maximum atomic E-state index is 14.1. The Labute approximate surface area is 181 Å². The number of benzene rings is 2. The average Bonchev–Trinajstić information content (AvgIpc) is 2.74. The lowest BCUT2D eigenvalue weighted by atomic mass is 10.0. The number of ether oxygens (including phenoxy) is 1. The first-order valence-electron chi connectivity index (χ1n) is 9.45. The third kappa shape index (κ3) is 5.77. The molecule has 0 amide bonds. The molecule has 12 heteroatoms. The van der Waals surface area contributed by atoms with Gasteiger partial charge in [-0.15, -0.1) is 0 Å². The van der Waals surface area contributed by atoms with Crippen molar-refractivity contribution >= 4 is 13.7 Å². The van der Waals surface area contributed by atoms with Gasteiger partial charge in [0.1, 0.15) is 11.8 Å². The van der Waals surface area contributed by atoms with Crippen LogP contribution in [-0.4, -0.2) is 18.6 Å². The zero-order valence-corrected chi connectivity index (χ0v) is 18.4. The number of esters is 1. The van der Waals surface area contributed by atoms with E-state index in [1.807, 2.05) is 13.8 Å². The van der Waals surface area contributed by atoms with Crippen LogP contribution in [-0.2, 0) is 14.1 Å². The highest BCUT2D eigenvalue weighted by Crippen LogP contribution is 2.47. The first-order valence-corrected chi connectivity index (χ1v) is 11.0. The van der Waals surface area contributed by atoms with Crippen LogP contribution >= 0.6 is 7.75 Å². The van der Waals surface area contributed by atoms with Gasteiger partial charge in [0.2, 0.25) is 34.8 Å². The van der Waals surface area contributed by atoms with Crippen molar-refractivity contribution in [3.05, 3.63) is 58.9 Å². The number of carbonyl (C=O) groups is 1. The fourth-order valence-corrected chi connectivity index (χ4v) is 3.99. The molecule has 0 heterocycles. The minimum Gasteiger partial charge on any atom is -0.465 e. The summed E-state index contributed by atoms with van der Waals surface area (Å²) in [6.45, 7) is 6.47. The van der Waals surface area contributed by atoms with Crippen LogP contribution < -0.4 is 14.1 Å². The SMILES string of the molecule is CCOC(=O)[C@H](C)NP(=O)(Oc1ccc(C(C)C)cc1)Oc1c(F)c(F)c(F)c(F)c1F. The second kappa shape index (κ2) is 10.3. The summed E-state index contributed by atoms with van der Waals surface area (Å²) in [6.07, 6.45) is 0. The molecule has 0 aliphatic rings. The molecular weight excluding hydrogens is 460 g/mol. The van der Waals surface area contributed by atoms with E-state index in [-0.39, 0.29) is 18.3 Å². The van der Waals surface area contributed by atoms with Gasteiger partial charge >= 0.3 is 13.7 Å². The number of carbonyl (C=O) groups excluding carboxylic acids is 1. The molecule has 0 aromatic heterocycles. The van der Waals surface area contributed by atoms with Crippen molar-refractivity contribution in [2.24, 2.45) is 0 Å². The number of rotatable bonds is 9. The summed E-state index contributed by atoms with van der Waals surface area (Å²) < 4.78 is 96.5. The van der Waals surface area contributed by atoms with Crippen molar-refractivity contribution in [2.45, 2.75) is 39.7 Å². The second-order valence-electron chi connectivity index (χ2n) is 6.91. The van der Waals surface area contributed by atoms with Gasteiger partial charge in [0.25, 0.3) is 0 Å². The van der Waals surface area contributed by atoms with E-state index < -0.39 is 54.6 Å². The molecule has 6 nitrogen and oxygen atoms in total. The molecule has 0 bridgehead atoms. The zero-order valence-electron chi connectivity index (χ0n) is 17.5. The number of hydrogen-bond donors (Lipinski definition) is 1. The van der Waals surface area contributed by atoms with Crippen LogP contribution in [0.2, 0.25) is 0 Å². The maximum absolute atomic E-state index is 14.1. The Morgan fingerprint density at radius 1 is 0.906 bits per heavy atom. The summed E-state index contributed by atoms with van der Waals surface area (Å²) in [5.41, 5.74) is 0.876. The molecule has 0 spiro atoms. The highest BCUT2D eigenvalue weighted by atomic mass is 31.2. The smallest absolute Gasteiger partial charge is 0.465 e. The van der Waals surface area contributed by atoms with E-state index >= 15 is 0 Å². The average molecular weight is 481 g/mol. The molecule has 2 aromatic carbocycles. The van der Waals surface area contributed by atoms with Crippen molar-refractivity contribution < 1.29 is 45.1 Å². The molecule has 0 saturated carbocycles. The molecule has 32 heavy (non-hydrogen) atoms. The predicted molar refractivity (Wildman–Crippen MR) is 105 cm³/mol. The van der Waals surface area contributed by atoms with Gasteiger partial charge in [0.15, 0.2) is 0 Å². The summed E-state index contributed by atoms with van der Waals surface area (Å²) in [6, 6.07) is 4.55. The van der Waals surface area contributed by atoms with Gasteiger partial charge < -0.3 is 13.8 Å². The summed E-state index contributed by atoms with van der Waals surface area (Å²) in [5, 5.41) is 2.08. The molecule has 0 aliphatic heterocycles. The first-order chi connectivity index (χ1) is 14.9. The molecule has 0 fully saturated rings. The van der Waals surface area contributed by atoms with Crippen LogP contribution in [0.1, 0.15) is 39.2 Å². The van der Waals surface area contributed by atoms with Crippen molar-refractivity contribution in [3.8, 4) is 11.5 Å². The molecule has 1 N–H and O–H groups in total. The molecule has 0 saturated heterocycles. The summed E-state index contributed by atoms with van der Waals surface area (Å²) in [5.74, 6) is -14.5. The molecule has 2 atom stereocenters. The number of nitrogens with one attached hydrogen (secondary N) is 1. The van der Waals surface area contributed by atoms with Gasteiger partial charge in [0, 0.05) is 0 Å². The Hall–Kier alpha value is -2.65. The van der Waals surface area contributed by atoms with E-state index in [0.717, 1.165) is 5.56 Å². The van der Waals surface area contributed by atoms with Crippen LogP contribution in [0, 0.1) is 29.1 Å². The Balaban J connectivity index is 2.47. The maximum Gasteiger partial charge on any atom is 0.513 e. The van der Waals surface area contributed by atoms with Gasteiger partial charge in [-0.25, -0.2) is 17.7 Å². The summed E-state index contributed by atoms with van der Waals surface area (Å²) in [4.78, 5) is 11.9. The normalized spacial score (nSPS) is 14.1. The van der Waals surface area contributed by atoms with Crippen molar-refractivity contribution in [3.63, 3.8) is 0 Å². The monoisotopic (exact) mass is 481 g/mol. The van der Waals surface area contributed by atoms with E-state index in [4.69, 9.17) is 9.26 Å². The van der Waals surface area contributed by atoms with Gasteiger partial charge in [-0.3, -0.25) is 4.79 Å².